The normalized spacial score (nSPS) is 17.9. The zero-order chi connectivity index (χ0) is 11.1. The van der Waals surface area contributed by atoms with Gasteiger partial charge >= 0.3 is 0 Å². The van der Waals surface area contributed by atoms with Gasteiger partial charge in [-0.1, -0.05) is 6.07 Å². The number of nitrogens with two attached hydrogens (primary N) is 1. The van der Waals surface area contributed by atoms with Gasteiger partial charge in [0.2, 0.25) is 0 Å². The van der Waals surface area contributed by atoms with Crippen LogP contribution in [0.5, 0.6) is 0 Å². The summed E-state index contributed by atoms with van der Waals surface area (Å²) in [5.74, 6) is 1.74. The molecule has 1 saturated carbocycles. The van der Waals surface area contributed by atoms with Gasteiger partial charge < -0.3 is 15.2 Å². The molecule has 3 N–H and O–H groups in total. The lowest BCUT2D eigenvalue weighted by Gasteiger charge is -2.10. The monoisotopic (exact) mass is 217 g/mol. The van der Waals surface area contributed by atoms with Gasteiger partial charge in [0.15, 0.2) is 0 Å². The molecule has 1 atom stereocenters. The molecule has 0 amide bonds. The molecule has 0 saturated heterocycles. The maximum absolute atomic E-state index is 9.12. The second-order valence-corrected chi connectivity index (χ2v) is 4.40. The molecule has 84 valence electrons. The van der Waals surface area contributed by atoms with Crippen LogP contribution in [0.25, 0.3) is 5.52 Å². The molecule has 1 unspecified atom stereocenters. The predicted molar refractivity (Wildman–Crippen MR) is 61.2 cm³/mol. The van der Waals surface area contributed by atoms with E-state index in [1.807, 2.05) is 24.5 Å². The Hall–Kier alpha value is -1.39. The molecular formula is C12H15N3O. The van der Waals surface area contributed by atoms with Crippen molar-refractivity contribution in [2.24, 2.45) is 5.73 Å². The third kappa shape index (κ3) is 1.42. The van der Waals surface area contributed by atoms with Crippen LogP contribution < -0.4 is 5.73 Å². The smallest absolute Gasteiger partial charge is 0.116 e. The van der Waals surface area contributed by atoms with E-state index in [1.165, 1.54) is 12.8 Å². The Morgan fingerprint density at radius 1 is 1.56 bits per heavy atom. The first kappa shape index (κ1) is 9.81. The quantitative estimate of drug-likeness (QED) is 0.812. The Labute approximate surface area is 93.7 Å². The molecule has 1 aliphatic carbocycles. The Morgan fingerprint density at radius 2 is 2.38 bits per heavy atom. The van der Waals surface area contributed by atoms with Gasteiger partial charge in [0, 0.05) is 12.1 Å². The van der Waals surface area contributed by atoms with Crippen LogP contribution in [0.1, 0.15) is 36.2 Å². The average molecular weight is 217 g/mol. The number of imidazole rings is 1. The lowest BCUT2D eigenvalue weighted by molar-refractivity contribution is 0.268. The molecule has 0 radical (unpaired) electrons. The number of nitrogens with zero attached hydrogens (tertiary/aromatic N) is 2. The molecule has 0 spiro atoms. The lowest BCUT2D eigenvalue weighted by Crippen LogP contribution is -2.15. The molecule has 1 fully saturated rings. The van der Waals surface area contributed by atoms with Crippen LogP contribution in [0.2, 0.25) is 0 Å². The van der Waals surface area contributed by atoms with Crippen LogP contribution in [-0.4, -0.2) is 21.1 Å². The molecule has 4 nitrogen and oxygen atoms in total. The van der Waals surface area contributed by atoms with Crippen LogP contribution >= 0.6 is 0 Å². The fourth-order valence-corrected chi connectivity index (χ4v) is 2.12. The Balaban J connectivity index is 2.16. The van der Waals surface area contributed by atoms with Crippen molar-refractivity contribution in [2.75, 3.05) is 6.61 Å². The molecule has 3 rings (SSSR count). The molecule has 1 aliphatic rings. The second-order valence-electron chi connectivity index (χ2n) is 4.40. The van der Waals surface area contributed by atoms with Crippen molar-refractivity contribution in [2.45, 2.75) is 24.8 Å². The summed E-state index contributed by atoms with van der Waals surface area (Å²) in [6.07, 6.45) is 6.34. The minimum Gasteiger partial charge on any atom is -0.394 e. The zero-order valence-corrected chi connectivity index (χ0v) is 9.00. The van der Waals surface area contributed by atoms with Crippen LogP contribution in [0, 0.1) is 0 Å². The van der Waals surface area contributed by atoms with Crippen molar-refractivity contribution in [3.8, 4) is 0 Å². The summed E-state index contributed by atoms with van der Waals surface area (Å²) in [7, 11) is 0. The van der Waals surface area contributed by atoms with Gasteiger partial charge in [0.1, 0.15) is 5.82 Å². The highest BCUT2D eigenvalue weighted by Crippen LogP contribution is 2.39. The number of fused-ring (bicyclic) bond motifs is 1. The first-order chi connectivity index (χ1) is 7.81. The summed E-state index contributed by atoms with van der Waals surface area (Å²) in [6, 6.07) is 3.59. The van der Waals surface area contributed by atoms with Crippen LogP contribution in [0.15, 0.2) is 24.5 Å². The summed E-state index contributed by atoms with van der Waals surface area (Å²) in [5, 5.41) is 9.12. The predicted octanol–water partition coefficient (Wildman–Crippen LogP) is 1.20. The van der Waals surface area contributed by atoms with E-state index in [4.69, 9.17) is 10.8 Å². The Kier molecular flexibility index (Phi) is 2.19. The van der Waals surface area contributed by atoms with Crippen molar-refractivity contribution in [1.29, 1.82) is 0 Å². The van der Waals surface area contributed by atoms with Gasteiger partial charge in [-0.2, -0.15) is 0 Å². The number of aliphatic hydroxyl groups is 1. The topological polar surface area (TPSA) is 63.5 Å². The minimum atomic E-state index is -0.326. The molecule has 2 aromatic heterocycles. The SMILES string of the molecule is NC(CO)c1cccn2c(C3CC3)ncc12. The fourth-order valence-electron chi connectivity index (χ4n) is 2.12. The number of aromatic nitrogens is 2. The number of aliphatic hydroxyl groups excluding tert-OH is 1. The van der Waals surface area contributed by atoms with Crippen LogP contribution in [0.3, 0.4) is 0 Å². The second kappa shape index (κ2) is 3.57. The van der Waals surface area contributed by atoms with E-state index in [-0.39, 0.29) is 12.6 Å². The van der Waals surface area contributed by atoms with E-state index in [1.54, 1.807) is 0 Å². The Bertz CT molecular complexity index is 516. The molecule has 0 aliphatic heterocycles. The fraction of sp³-hybridized carbons (Fsp3) is 0.417. The van der Waals surface area contributed by atoms with Crippen molar-refractivity contribution in [3.05, 3.63) is 35.9 Å². The lowest BCUT2D eigenvalue weighted by atomic mass is 10.1. The van der Waals surface area contributed by atoms with E-state index >= 15 is 0 Å². The number of rotatable bonds is 3. The standard InChI is InChI=1S/C12H15N3O/c13-10(7-16)9-2-1-5-15-11(9)6-14-12(15)8-3-4-8/h1-2,5-6,8,10,16H,3-4,7,13H2. The van der Waals surface area contributed by atoms with Gasteiger partial charge in [-0.3, -0.25) is 0 Å². The Morgan fingerprint density at radius 3 is 3.06 bits per heavy atom. The first-order valence-electron chi connectivity index (χ1n) is 5.63. The summed E-state index contributed by atoms with van der Waals surface area (Å²) in [6.45, 7) is -0.0381. The summed E-state index contributed by atoms with van der Waals surface area (Å²) in [4.78, 5) is 4.46. The number of hydrogen-bond acceptors (Lipinski definition) is 3. The maximum Gasteiger partial charge on any atom is 0.116 e. The van der Waals surface area contributed by atoms with Crippen LogP contribution in [-0.2, 0) is 0 Å². The van der Waals surface area contributed by atoms with Crippen molar-refractivity contribution >= 4 is 5.52 Å². The van der Waals surface area contributed by atoms with Gasteiger partial charge in [0.05, 0.1) is 24.4 Å². The van der Waals surface area contributed by atoms with Gasteiger partial charge in [0.25, 0.3) is 0 Å². The molecule has 0 aromatic carbocycles. The molecular weight excluding hydrogens is 202 g/mol. The summed E-state index contributed by atoms with van der Waals surface area (Å²) < 4.78 is 2.10. The molecule has 2 heterocycles. The molecule has 0 bridgehead atoms. The summed E-state index contributed by atoms with van der Waals surface area (Å²) >= 11 is 0. The number of pyridine rings is 1. The molecule has 16 heavy (non-hydrogen) atoms. The highest BCUT2D eigenvalue weighted by atomic mass is 16.3. The van der Waals surface area contributed by atoms with E-state index in [0.717, 1.165) is 16.9 Å². The van der Waals surface area contributed by atoms with E-state index in [9.17, 15) is 0 Å². The van der Waals surface area contributed by atoms with E-state index in [0.29, 0.717) is 5.92 Å². The average Bonchev–Trinajstić information content (AvgIpc) is 3.07. The zero-order valence-electron chi connectivity index (χ0n) is 9.00. The maximum atomic E-state index is 9.12. The van der Waals surface area contributed by atoms with E-state index in [2.05, 4.69) is 9.38 Å². The highest BCUT2D eigenvalue weighted by molar-refractivity contribution is 5.56. The van der Waals surface area contributed by atoms with Crippen molar-refractivity contribution < 1.29 is 5.11 Å². The number of hydrogen-bond donors (Lipinski definition) is 2. The highest BCUT2D eigenvalue weighted by Gasteiger charge is 2.28. The molecule has 4 heteroatoms. The third-order valence-corrected chi connectivity index (χ3v) is 3.17. The van der Waals surface area contributed by atoms with Crippen LogP contribution in [0.4, 0.5) is 0 Å². The first-order valence-corrected chi connectivity index (χ1v) is 5.63. The van der Waals surface area contributed by atoms with Gasteiger partial charge in [-0.15, -0.1) is 0 Å². The minimum absolute atomic E-state index is 0.0381. The van der Waals surface area contributed by atoms with Crippen molar-refractivity contribution in [3.63, 3.8) is 0 Å². The largest absolute Gasteiger partial charge is 0.394 e. The van der Waals surface area contributed by atoms with Crippen molar-refractivity contribution in [1.82, 2.24) is 9.38 Å². The third-order valence-electron chi connectivity index (χ3n) is 3.17. The molecule has 2 aromatic rings. The van der Waals surface area contributed by atoms with Gasteiger partial charge in [-0.25, -0.2) is 4.98 Å². The van der Waals surface area contributed by atoms with Gasteiger partial charge in [-0.05, 0) is 24.5 Å². The summed E-state index contributed by atoms with van der Waals surface area (Å²) in [5.41, 5.74) is 7.85. The van der Waals surface area contributed by atoms with E-state index < -0.39 is 0 Å².